The number of carbonyl (C=O) groups excluding carboxylic acids is 1. The minimum atomic E-state index is -0.244. The average Bonchev–Trinajstić information content (AvgIpc) is 3.12. The molecule has 132 valence electrons. The lowest BCUT2D eigenvalue weighted by molar-refractivity contribution is 0.0987. The van der Waals surface area contributed by atoms with Gasteiger partial charge in [-0.25, -0.2) is 0 Å². The topological polar surface area (TPSA) is 52.2 Å². The Morgan fingerprint density at radius 2 is 2.20 bits per heavy atom. The molecule has 0 spiro atoms. The van der Waals surface area contributed by atoms with Crippen LogP contribution in [0, 0.1) is 6.92 Å². The predicted molar refractivity (Wildman–Crippen MR) is 108 cm³/mol. The summed E-state index contributed by atoms with van der Waals surface area (Å²) < 4.78 is 5.97. The van der Waals surface area contributed by atoms with Gasteiger partial charge in [-0.1, -0.05) is 27.3 Å². The fourth-order valence-electron chi connectivity index (χ4n) is 2.63. The Kier molecular flexibility index (Phi) is 5.81. The summed E-state index contributed by atoms with van der Waals surface area (Å²) in [5.74, 6) is 0.723. The second-order valence-electron chi connectivity index (χ2n) is 5.54. The Morgan fingerprint density at radius 3 is 2.92 bits per heavy atom. The Hall–Kier alpha value is -1.38. The van der Waals surface area contributed by atoms with Crippen molar-refractivity contribution in [1.82, 2.24) is 14.3 Å². The van der Waals surface area contributed by atoms with Crippen molar-refractivity contribution >= 4 is 55.2 Å². The van der Waals surface area contributed by atoms with E-state index in [-0.39, 0.29) is 5.91 Å². The number of thiazole rings is 1. The molecule has 0 radical (unpaired) electrons. The Balaban J connectivity index is 2.12. The number of amides is 1. The Morgan fingerprint density at radius 1 is 1.40 bits per heavy atom. The van der Waals surface area contributed by atoms with E-state index in [0.717, 1.165) is 37.5 Å². The SMILES string of the molecule is CCn1nc(C)cc1C(=O)N=c1sc2cc(Br)ccc2n1CCSC. The summed E-state index contributed by atoms with van der Waals surface area (Å²) in [5, 5.41) is 4.34. The molecule has 25 heavy (non-hydrogen) atoms. The lowest BCUT2D eigenvalue weighted by Crippen LogP contribution is -2.19. The zero-order valence-corrected chi connectivity index (χ0v) is 17.5. The number of carbonyl (C=O) groups is 1. The van der Waals surface area contributed by atoms with Gasteiger partial charge in [-0.15, -0.1) is 0 Å². The summed E-state index contributed by atoms with van der Waals surface area (Å²) in [6, 6.07) is 7.96. The van der Waals surface area contributed by atoms with Crippen molar-refractivity contribution in [3.05, 3.63) is 44.9 Å². The van der Waals surface area contributed by atoms with Gasteiger partial charge in [0.15, 0.2) is 4.80 Å². The van der Waals surface area contributed by atoms with Crippen LogP contribution in [0.2, 0.25) is 0 Å². The highest BCUT2D eigenvalue weighted by Gasteiger charge is 2.14. The molecule has 0 bridgehead atoms. The van der Waals surface area contributed by atoms with Gasteiger partial charge in [0.25, 0.3) is 5.91 Å². The maximum absolute atomic E-state index is 12.7. The van der Waals surface area contributed by atoms with Crippen LogP contribution in [0.4, 0.5) is 0 Å². The number of rotatable bonds is 5. The standard InChI is InChI=1S/C17H19BrN4OS2/c1-4-22-14(9-11(2)20-22)16(23)19-17-21(7-8-24-3)13-6-5-12(18)10-15(13)25-17/h5-6,9-10H,4,7-8H2,1-3H3. The summed E-state index contributed by atoms with van der Waals surface area (Å²) in [5.41, 5.74) is 2.47. The van der Waals surface area contributed by atoms with Crippen LogP contribution in [0.25, 0.3) is 10.2 Å². The molecule has 0 aliphatic heterocycles. The molecule has 5 nitrogen and oxygen atoms in total. The van der Waals surface area contributed by atoms with E-state index >= 15 is 0 Å². The fraction of sp³-hybridized carbons (Fsp3) is 0.353. The molecular formula is C17H19BrN4OS2. The van der Waals surface area contributed by atoms with Crippen molar-refractivity contribution in [2.24, 2.45) is 4.99 Å². The zero-order chi connectivity index (χ0) is 18.0. The van der Waals surface area contributed by atoms with Crippen LogP contribution >= 0.6 is 39.0 Å². The molecule has 0 unspecified atom stereocenters. The number of fused-ring (bicyclic) bond motifs is 1. The Bertz CT molecular complexity index is 986. The first kappa shape index (κ1) is 18.4. The van der Waals surface area contributed by atoms with Crippen LogP contribution < -0.4 is 4.80 Å². The van der Waals surface area contributed by atoms with E-state index in [0.29, 0.717) is 12.2 Å². The van der Waals surface area contributed by atoms with Gasteiger partial charge in [0.2, 0.25) is 0 Å². The highest BCUT2D eigenvalue weighted by atomic mass is 79.9. The van der Waals surface area contributed by atoms with Gasteiger partial charge < -0.3 is 4.57 Å². The number of hydrogen-bond donors (Lipinski definition) is 0. The van der Waals surface area contributed by atoms with Gasteiger partial charge in [0, 0.05) is 23.3 Å². The third-order valence-corrected chi connectivity index (χ3v) is 5.91. The van der Waals surface area contributed by atoms with Crippen molar-refractivity contribution < 1.29 is 4.79 Å². The maximum atomic E-state index is 12.7. The number of nitrogens with zero attached hydrogens (tertiary/aromatic N) is 4. The molecule has 0 N–H and O–H groups in total. The quantitative estimate of drug-likeness (QED) is 0.602. The highest BCUT2D eigenvalue weighted by Crippen LogP contribution is 2.22. The first-order valence-electron chi connectivity index (χ1n) is 7.94. The zero-order valence-electron chi connectivity index (χ0n) is 14.3. The van der Waals surface area contributed by atoms with E-state index in [4.69, 9.17) is 0 Å². The average molecular weight is 439 g/mol. The molecule has 0 aliphatic rings. The number of benzene rings is 1. The summed E-state index contributed by atoms with van der Waals surface area (Å²) in [6.45, 7) is 5.33. The molecule has 1 amide bonds. The molecule has 0 saturated heterocycles. The number of halogens is 1. The Labute approximate surface area is 162 Å². The predicted octanol–water partition coefficient (Wildman–Crippen LogP) is 4.09. The van der Waals surface area contributed by atoms with Gasteiger partial charge in [0.05, 0.1) is 15.9 Å². The van der Waals surface area contributed by atoms with Gasteiger partial charge >= 0.3 is 0 Å². The normalized spacial score (nSPS) is 12.2. The van der Waals surface area contributed by atoms with E-state index in [2.05, 4.69) is 49.0 Å². The highest BCUT2D eigenvalue weighted by molar-refractivity contribution is 9.10. The van der Waals surface area contributed by atoms with Crippen molar-refractivity contribution in [3.63, 3.8) is 0 Å². The van der Waals surface area contributed by atoms with Gasteiger partial charge in [-0.3, -0.25) is 9.48 Å². The van der Waals surface area contributed by atoms with Crippen molar-refractivity contribution in [2.45, 2.75) is 26.9 Å². The maximum Gasteiger partial charge on any atom is 0.297 e. The van der Waals surface area contributed by atoms with Crippen LogP contribution in [0.15, 0.2) is 33.7 Å². The second kappa shape index (κ2) is 7.88. The van der Waals surface area contributed by atoms with Crippen LogP contribution in [-0.2, 0) is 13.1 Å². The van der Waals surface area contributed by atoms with Crippen LogP contribution in [-0.4, -0.2) is 32.3 Å². The van der Waals surface area contributed by atoms with E-state index in [1.165, 1.54) is 11.3 Å². The van der Waals surface area contributed by atoms with Crippen molar-refractivity contribution in [3.8, 4) is 0 Å². The molecular weight excluding hydrogens is 420 g/mol. The first-order valence-corrected chi connectivity index (χ1v) is 10.9. The van der Waals surface area contributed by atoms with Crippen molar-refractivity contribution in [1.29, 1.82) is 0 Å². The van der Waals surface area contributed by atoms with Crippen molar-refractivity contribution in [2.75, 3.05) is 12.0 Å². The molecule has 3 aromatic rings. The fourth-order valence-corrected chi connectivity index (χ4v) is 4.61. The van der Waals surface area contributed by atoms with Crippen LogP contribution in [0.3, 0.4) is 0 Å². The number of thioether (sulfide) groups is 1. The largest absolute Gasteiger partial charge is 0.316 e. The minimum absolute atomic E-state index is 0.244. The lowest BCUT2D eigenvalue weighted by atomic mass is 10.3. The smallest absolute Gasteiger partial charge is 0.297 e. The third-order valence-electron chi connectivity index (χ3n) is 3.78. The van der Waals surface area contributed by atoms with E-state index in [1.54, 1.807) is 22.5 Å². The minimum Gasteiger partial charge on any atom is -0.316 e. The van der Waals surface area contributed by atoms with Crippen LogP contribution in [0.1, 0.15) is 23.1 Å². The van der Waals surface area contributed by atoms with E-state index < -0.39 is 0 Å². The summed E-state index contributed by atoms with van der Waals surface area (Å²) >= 11 is 6.83. The van der Waals surface area contributed by atoms with Crippen LogP contribution in [0.5, 0.6) is 0 Å². The lowest BCUT2D eigenvalue weighted by Gasteiger charge is -2.04. The van der Waals surface area contributed by atoms with Gasteiger partial charge in [0.1, 0.15) is 5.69 Å². The second-order valence-corrected chi connectivity index (χ2v) is 8.46. The molecule has 0 atom stereocenters. The number of aromatic nitrogens is 3. The third kappa shape index (κ3) is 3.91. The molecule has 1 aromatic carbocycles. The summed E-state index contributed by atoms with van der Waals surface area (Å²) in [4.78, 5) is 17.9. The van der Waals surface area contributed by atoms with Gasteiger partial charge in [-0.05, 0) is 44.4 Å². The monoisotopic (exact) mass is 438 g/mol. The van der Waals surface area contributed by atoms with Gasteiger partial charge in [-0.2, -0.15) is 21.9 Å². The van der Waals surface area contributed by atoms with E-state index in [9.17, 15) is 4.79 Å². The van der Waals surface area contributed by atoms with E-state index in [1.807, 2.05) is 19.9 Å². The molecule has 0 aliphatic carbocycles. The molecule has 8 heteroatoms. The molecule has 3 rings (SSSR count). The first-order chi connectivity index (χ1) is 12.0. The summed E-state index contributed by atoms with van der Waals surface area (Å²) in [6.07, 6.45) is 2.08. The molecule has 2 aromatic heterocycles. The number of hydrogen-bond acceptors (Lipinski definition) is 4. The molecule has 0 saturated carbocycles. The number of aryl methyl sites for hydroxylation is 3. The molecule has 2 heterocycles. The summed E-state index contributed by atoms with van der Waals surface area (Å²) in [7, 11) is 0. The molecule has 0 fully saturated rings.